The van der Waals surface area contributed by atoms with Gasteiger partial charge in [-0.1, -0.05) is 18.6 Å². The molecule has 0 aromatic carbocycles. The highest BCUT2D eigenvalue weighted by atomic mass is 32.1. The molecule has 96 valence electrons. The second-order valence-corrected chi connectivity index (χ2v) is 5.62. The molecule has 1 aliphatic heterocycles. The highest BCUT2D eigenvalue weighted by molar-refractivity contribution is 7.80. The summed E-state index contributed by atoms with van der Waals surface area (Å²) < 4.78 is 5.46. The number of nitrogens with two attached hydrogens (primary N) is 1. The van der Waals surface area contributed by atoms with Crippen molar-refractivity contribution in [3.05, 3.63) is 0 Å². The van der Waals surface area contributed by atoms with Gasteiger partial charge in [-0.25, -0.2) is 0 Å². The van der Waals surface area contributed by atoms with Crippen LogP contribution in [0.5, 0.6) is 0 Å². The number of hydrogen-bond donors (Lipinski definition) is 2. The molecule has 2 rings (SSSR count). The average Bonchev–Trinajstić information content (AvgIpc) is 2.14. The molecule has 1 saturated heterocycles. The van der Waals surface area contributed by atoms with Gasteiger partial charge >= 0.3 is 0 Å². The number of rotatable bonds is 3. The fourth-order valence-corrected chi connectivity index (χ4v) is 2.87. The summed E-state index contributed by atoms with van der Waals surface area (Å²) >= 11 is 5.04. The summed E-state index contributed by atoms with van der Waals surface area (Å²) in [5, 5.41) is 3.09. The van der Waals surface area contributed by atoms with Crippen LogP contribution >= 0.6 is 12.2 Å². The first-order valence-corrected chi connectivity index (χ1v) is 6.68. The quantitative estimate of drug-likeness (QED) is 0.743. The smallest absolute Gasteiger partial charge is 0.233 e. The molecule has 1 heterocycles. The molecular formula is C12H20N2O2S. The van der Waals surface area contributed by atoms with Gasteiger partial charge in [0.05, 0.1) is 16.5 Å². The predicted octanol–water partition coefficient (Wildman–Crippen LogP) is 1.13. The molecule has 1 saturated carbocycles. The molecule has 0 bridgehead atoms. The maximum atomic E-state index is 12.2. The van der Waals surface area contributed by atoms with Gasteiger partial charge in [0.2, 0.25) is 5.91 Å². The van der Waals surface area contributed by atoms with Crippen LogP contribution in [-0.4, -0.2) is 29.6 Å². The Morgan fingerprint density at radius 2 is 2.24 bits per heavy atom. The lowest BCUT2D eigenvalue weighted by atomic mass is 9.68. The first-order chi connectivity index (χ1) is 8.04. The number of amides is 1. The number of nitrogens with one attached hydrogen (secondary N) is 1. The fraction of sp³-hybridized carbons (Fsp3) is 0.833. The SMILES string of the molecule is CC1CC(NC(=O)C2(C(N)=S)CCC2)CCO1. The summed E-state index contributed by atoms with van der Waals surface area (Å²) in [6, 6.07) is 0.207. The molecule has 2 fully saturated rings. The van der Waals surface area contributed by atoms with Crippen molar-refractivity contribution in [3.8, 4) is 0 Å². The molecule has 0 radical (unpaired) electrons. The van der Waals surface area contributed by atoms with Crippen LogP contribution in [0.2, 0.25) is 0 Å². The van der Waals surface area contributed by atoms with Gasteiger partial charge in [0.15, 0.2) is 0 Å². The van der Waals surface area contributed by atoms with E-state index >= 15 is 0 Å². The van der Waals surface area contributed by atoms with Crippen LogP contribution in [-0.2, 0) is 9.53 Å². The number of carbonyl (C=O) groups is 1. The topological polar surface area (TPSA) is 64.4 Å². The number of thiocarbonyl (C=S) groups is 1. The van der Waals surface area contributed by atoms with Gasteiger partial charge in [-0.05, 0) is 32.6 Å². The standard InChI is InChI=1S/C12H20N2O2S/c1-8-7-9(3-6-16-8)14-11(15)12(10(13)17)4-2-5-12/h8-9H,2-7H2,1H3,(H2,13,17)(H,14,15). The van der Waals surface area contributed by atoms with E-state index in [9.17, 15) is 4.79 Å². The molecule has 0 aromatic rings. The first-order valence-electron chi connectivity index (χ1n) is 6.27. The number of hydrogen-bond acceptors (Lipinski definition) is 3. The molecule has 5 heteroatoms. The largest absolute Gasteiger partial charge is 0.392 e. The van der Waals surface area contributed by atoms with E-state index in [0.29, 0.717) is 11.6 Å². The Balaban J connectivity index is 1.94. The molecule has 0 spiro atoms. The van der Waals surface area contributed by atoms with E-state index in [1.165, 1.54) is 0 Å². The van der Waals surface area contributed by atoms with E-state index < -0.39 is 5.41 Å². The minimum Gasteiger partial charge on any atom is -0.392 e. The molecular weight excluding hydrogens is 236 g/mol. The second kappa shape index (κ2) is 4.90. The zero-order valence-corrected chi connectivity index (χ0v) is 11.0. The third-order valence-electron chi connectivity index (χ3n) is 3.93. The first kappa shape index (κ1) is 12.8. The maximum absolute atomic E-state index is 12.2. The normalized spacial score (nSPS) is 31.4. The van der Waals surface area contributed by atoms with E-state index in [2.05, 4.69) is 5.32 Å². The van der Waals surface area contributed by atoms with Crippen LogP contribution in [0.15, 0.2) is 0 Å². The zero-order chi connectivity index (χ0) is 12.5. The fourth-order valence-electron chi connectivity index (χ4n) is 2.57. The van der Waals surface area contributed by atoms with Gasteiger partial charge in [0.25, 0.3) is 0 Å². The van der Waals surface area contributed by atoms with Gasteiger partial charge in [-0.15, -0.1) is 0 Å². The summed E-state index contributed by atoms with van der Waals surface area (Å²) in [4.78, 5) is 12.6. The maximum Gasteiger partial charge on any atom is 0.233 e. The minimum atomic E-state index is -0.559. The van der Waals surface area contributed by atoms with Gasteiger partial charge in [0, 0.05) is 12.6 Å². The van der Waals surface area contributed by atoms with Crippen molar-refractivity contribution in [2.45, 2.75) is 51.2 Å². The summed E-state index contributed by atoms with van der Waals surface area (Å²) in [5.41, 5.74) is 5.15. The van der Waals surface area contributed by atoms with Crippen LogP contribution in [0.4, 0.5) is 0 Å². The zero-order valence-electron chi connectivity index (χ0n) is 10.2. The Labute approximate surface area is 107 Å². The van der Waals surface area contributed by atoms with E-state index in [4.69, 9.17) is 22.7 Å². The molecule has 0 aromatic heterocycles. The van der Waals surface area contributed by atoms with Crippen molar-refractivity contribution in [1.29, 1.82) is 0 Å². The van der Waals surface area contributed by atoms with Gasteiger partial charge in [-0.3, -0.25) is 4.79 Å². The van der Waals surface area contributed by atoms with Crippen molar-refractivity contribution in [2.75, 3.05) is 6.61 Å². The summed E-state index contributed by atoms with van der Waals surface area (Å²) in [6.07, 6.45) is 4.61. The third kappa shape index (κ3) is 2.45. The molecule has 3 N–H and O–H groups in total. The van der Waals surface area contributed by atoms with Crippen molar-refractivity contribution < 1.29 is 9.53 Å². The number of ether oxygens (including phenoxy) is 1. The Morgan fingerprint density at radius 3 is 2.71 bits per heavy atom. The lowest BCUT2D eigenvalue weighted by Crippen LogP contribution is -2.56. The van der Waals surface area contributed by atoms with Crippen LogP contribution in [0.3, 0.4) is 0 Å². The van der Waals surface area contributed by atoms with E-state index in [1.807, 2.05) is 6.92 Å². The molecule has 1 aliphatic carbocycles. The molecule has 1 amide bonds. The minimum absolute atomic E-state index is 0.0235. The average molecular weight is 256 g/mol. The predicted molar refractivity (Wildman–Crippen MR) is 69.6 cm³/mol. The molecule has 4 nitrogen and oxygen atoms in total. The molecule has 2 unspecified atom stereocenters. The number of carbonyl (C=O) groups excluding carboxylic acids is 1. The van der Waals surface area contributed by atoms with Crippen molar-refractivity contribution in [1.82, 2.24) is 5.32 Å². The third-order valence-corrected chi connectivity index (χ3v) is 4.32. The van der Waals surface area contributed by atoms with Gasteiger partial charge in [0.1, 0.15) is 0 Å². The van der Waals surface area contributed by atoms with E-state index in [0.717, 1.165) is 32.1 Å². The second-order valence-electron chi connectivity index (χ2n) is 5.18. The van der Waals surface area contributed by atoms with Gasteiger partial charge in [-0.2, -0.15) is 0 Å². The Kier molecular flexibility index (Phi) is 3.68. The highest BCUT2D eigenvalue weighted by Crippen LogP contribution is 2.41. The van der Waals surface area contributed by atoms with E-state index in [1.54, 1.807) is 0 Å². The summed E-state index contributed by atoms with van der Waals surface area (Å²) in [5.74, 6) is 0.0235. The summed E-state index contributed by atoms with van der Waals surface area (Å²) in [7, 11) is 0. The Morgan fingerprint density at radius 1 is 1.53 bits per heavy atom. The lowest BCUT2D eigenvalue weighted by molar-refractivity contribution is -0.132. The monoisotopic (exact) mass is 256 g/mol. The molecule has 2 aliphatic rings. The van der Waals surface area contributed by atoms with Gasteiger partial charge < -0.3 is 15.8 Å². The van der Waals surface area contributed by atoms with Crippen LogP contribution < -0.4 is 11.1 Å². The summed E-state index contributed by atoms with van der Waals surface area (Å²) in [6.45, 7) is 2.75. The van der Waals surface area contributed by atoms with E-state index in [-0.39, 0.29) is 18.1 Å². The van der Waals surface area contributed by atoms with Crippen molar-refractivity contribution in [2.24, 2.45) is 11.1 Å². The van der Waals surface area contributed by atoms with Crippen LogP contribution in [0, 0.1) is 5.41 Å². The highest BCUT2D eigenvalue weighted by Gasteiger charge is 2.47. The Bertz CT molecular complexity index is 328. The van der Waals surface area contributed by atoms with Crippen molar-refractivity contribution >= 4 is 23.1 Å². The molecule has 17 heavy (non-hydrogen) atoms. The van der Waals surface area contributed by atoms with Crippen LogP contribution in [0.25, 0.3) is 0 Å². The van der Waals surface area contributed by atoms with Crippen LogP contribution in [0.1, 0.15) is 39.0 Å². The molecule has 2 atom stereocenters. The van der Waals surface area contributed by atoms with Crippen molar-refractivity contribution in [3.63, 3.8) is 0 Å². The Hall–Kier alpha value is -0.680. The lowest BCUT2D eigenvalue weighted by Gasteiger charge is -2.40.